The van der Waals surface area contributed by atoms with Gasteiger partial charge in [-0.2, -0.15) is 0 Å². The van der Waals surface area contributed by atoms with E-state index in [0.29, 0.717) is 0 Å². The molecule has 0 aliphatic rings. The maximum atomic E-state index is 13.2. The predicted octanol–water partition coefficient (Wildman–Crippen LogP) is 3.66. The Morgan fingerprint density at radius 2 is 2.00 bits per heavy atom. The van der Waals surface area contributed by atoms with Gasteiger partial charge >= 0.3 is 0 Å². The molecule has 0 fully saturated rings. The van der Waals surface area contributed by atoms with Crippen LogP contribution in [-0.4, -0.2) is 7.11 Å². The molecule has 3 heteroatoms. The molecule has 17 heavy (non-hydrogen) atoms. The second-order valence-electron chi connectivity index (χ2n) is 5.60. The molecule has 2 nitrogen and oxygen atoms in total. The molecule has 1 atom stereocenters. The Morgan fingerprint density at radius 1 is 1.35 bits per heavy atom. The Labute approximate surface area is 103 Å². The van der Waals surface area contributed by atoms with Crippen LogP contribution >= 0.6 is 0 Å². The molecule has 96 valence electrons. The molecule has 0 radical (unpaired) electrons. The highest BCUT2D eigenvalue weighted by atomic mass is 19.1. The summed E-state index contributed by atoms with van der Waals surface area (Å²) in [4.78, 5) is 0. The molecule has 0 aliphatic heterocycles. The van der Waals surface area contributed by atoms with Crippen molar-refractivity contribution in [2.45, 2.75) is 39.7 Å². The van der Waals surface area contributed by atoms with Gasteiger partial charge in [0.1, 0.15) is 0 Å². The van der Waals surface area contributed by atoms with Gasteiger partial charge in [-0.15, -0.1) is 0 Å². The quantitative estimate of drug-likeness (QED) is 0.870. The highest BCUT2D eigenvalue weighted by molar-refractivity contribution is 5.31. The molecule has 0 saturated carbocycles. The molecule has 0 aromatic heterocycles. The maximum absolute atomic E-state index is 13.2. The minimum Gasteiger partial charge on any atom is -0.494 e. The van der Waals surface area contributed by atoms with E-state index in [9.17, 15) is 4.39 Å². The average Bonchev–Trinajstić information content (AvgIpc) is 2.25. The van der Waals surface area contributed by atoms with E-state index in [-0.39, 0.29) is 23.0 Å². The highest BCUT2D eigenvalue weighted by Gasteiger charge is 2.15. The van der Waals surface area contributed by atoms with Gasteiger partial charge in [0.15, 0.2) is 11.6 Å². The molecule has 0 aliphatic carbocycles. The minimum atomic E-state index is -0.348. The monoisotopic (exact) mass is 239 g/mol. The zero-order valence-corrected chi connectivity index (χ0v) is 11.1. The van der Waals surface area contributed by atoms with Crippen LogP contribution in [0.3, 0.4) is 0 Å². The zero-order valence-electron chi connectivity index (χ0n) is 11.1. The molecule has 0 bridgehead atoms. The standard InChI is InChI=1S/C14H22FNO/c1-14(2,3)8-7-12(16)10-5-6-11(15)13(9-10)17-4/h5-6,9,12H,7-8,16H2,1-4H3. The van der Waals surface area contributed by atoms with Gasteiger partial charge in [-0.1, -0.05) is 26.8 Å². The van der Waals surface area contributed by atoms with Crippen molar-refractivity contribution in [1.29, 1.82) is 0 Å². The topological polar surface area (TPSA) is 35.2 Å². The van der Waals surface area contributed by atoms with E-state index in [1.165, 1.54) is 13.2 Å². The average molecular weight is 239 g/mol. The fourth-order valence-electron chi connectivity index (χ4n) is 1.66. The number of benzene rings is 1. The van der Waals surface area contributed by atoms with Crippen molar-refractivity contribution in [2.75, 3.05) is 7.11 Å². The summed E-state index contributed by atoms with van der Waals surface area (Å²) < 4.78 is 18.2. The van der Waals surface area contributed by atoms with Crippen LogP contribution in [0.5, 0.6) is 5.75 Å². The Morgan fingerprint density at radius 3 is 2.53 bits per heavy atom. The first-order valence-corrected chi connectivity index (χ1v) is 5.92. The molecule has 0 heterocycles. The number of halogens is 1. The zero-order chi connectivity index (χ0) is 13.1. The van der Waals surface area contributed by atoms with Crippen LogP contribution < -0.4 is 10.5 Å². The van der Waals surface area contributed by atoms with E-state index >= 15 is 0 Å². The maximum Gasteiger partial charge on any atom is 0.165 e. The van der Waals surface area contributed by atoms with Crippen LogP contribution in [0.1, 0.15) is 45.2 Å². The molecule has 1 rings (SSSR count). The SMILES string of the molecule is COc1cc(C(N)CCC(C)(C)C)ccc1F. The van der Waals surface area contributed by atoms with Crippen molar-refractivity contribution in [2.24, 2.45) is 11.1 Å². The molecule has 0 saturated heterocycles. The number of hydrogen-bond acceptors (Lipinski definition) is 2. The van der Waals surface area contributed by atoms with Gasteiger partial charge in [-0.3, -0.25) is 0 Å². The summed E-state index contributed by atoms with van der Waals surface area (Å²) in [5, 5.41) is 0. The number of rotatable bonds is 4. The Balaban J connectivity index is 2.72. The summed E-state index contributed by atoms with van der Waals surface area (Å²) in [5.74, 6) is -0.0898. The molecule has 1 aromatic rings. The van der Waals surface area contributed by atoms with E-state index in [1.54, 1.807) is 12.1 Å². The van der Waals surface area contributed by atoms with Gasteiger partial charge in [0.25, 0.3) is 0 Å². The molecule has 1 aromatic carbocycles. The van der Waals surface area contributed by atoms with Crippen LogP contribution in [0, 0.1) is 11.2 Å². The van der Waals surface area contributed by atoms with Crippen molar-refractivity contribution in [1.82, 2.24) is 0 Å². The predicted molar refractivity (Wildman–Crippen MR) is 68.6 cm³/mol. The second-order valence-corrected chi connectivity index (χ2v) is 5.60. The lowest BCUT2D eigenvalue weighted by atomic mass is 9.87. The largest absolute Gasteiger partial charge is 0.494 e. The van der Waals surface area contributed by atoms with Crippen molar-refractivity contribution in [3.8, 4) is 5.75 Å². The number of ether oxygens (including phenoxy) is 1. The summed E-state index contributed by atoms with van der Waals surface area (Å²) in [5.41, 5.74) is 7.29. The lowest BCUT2D eigenvalue weighted by Crippen LogP contribution is -2.14. The molecule has 1 unspecified atom stereocenters. The van der Waals surface area contributed by atoms with E-state index < -0.39 is 0 Å². The summed E-state index contributed by atoms with van der Waals surface area (Å²) in [6.45, 7) is 6.56. The van der Waals surface area contributed by atoms with Crippen LogP contribution in [0.15, 0.2) is 18.2 Å². The molecular formula is C14H22FNO. The van der Waals surface area contributed by atoms with Crippen LogP contribution in [0.4, 0.5) is 4.39 Å². The third kappa shape index (κ3) is 4.35. The van der Waals surface area contributed by atoms with Crippen LogP contribution in [0.2, 0.25) is 0 Å². The Hall–Kier alpha value is -1.09. The first-order valence-electron chi connectivity index (χ1n) is 5.92. The third-order valence-corrected chi connectivity index (χ3v) is 2.81. The van der Waals surface area contributed by atoms with E-state index in [2.05, 4.69) is 20.8 Å². The van der Waals surface area contributed by atoms with Gasteiger partial charge in [-0.05, 0) is 36.0 Å². The number of nitrogens with two attached hydrogens (primary N) is 1. The summed E-state index contributed by atoms with van der Waals surface area (Å²) in [6.07, 6.45) is 1.92. The van der Waals surface area contributed by atoms with E-state index in [4.69, 9.17) is 10.5 Å². The summed E-state index contributed by atoms with van der Waals surface area (Å²) >= 11 is 0. The first kappa shape index (κ1) is 14.0. The fourth-order valence-corrected chi connectivity index (χ4v) is 1.66. The van der Waals surface area contributed by atoms with Gasteiger partial charge in [0, 0.05) is 6.04 Å². The van der Waals surface area contributed by atoms with Gasteiger partial charge < -0.3 is 10.5 Å². The normalized spacial score (nSPS) is 13.5. The van der Waals surface area contributed by atoms with E-state index in [0.717, 1.165) is 18.4 Å². The minimum absolute atomic E-state index is 0.0660. The van der Waals surface area contributed by atoms with Crippen molar-refractivity contribution in [3.63, 3.8) is 0 Å². The molecule has 0 amide bonds. The van der Waals surface area contributed by atoms with E-state index in [1.807, 2.05) is 0 Å². The Bertz CT molecular complexity index is 371. The first-order chi connectivity index (χ1) is 7.83. The molecule has 0 spiro atoms. The molecule has 2 N–H and O–H groups in total. The number of hydrogen-bond donors (Lipinski definition) is 1. The fraction of sp³-hybridized carbons (Fsp3) is 0.571. The smallest absolute Gasteiger partial charge is 0.165 e. The van der Waals surface area contributed by atoms with Crippen molar-refractivity contribution < 1.29 is 9.13 Å². The molecular weight excluding hydrogens is 217 g/mol. The highest BCUT2D eigenvalue weighted by Crippen LogP contribution is 2.28. The summed E-state index contributed by atoms with van der Waals surface area (Å²) in [6, 6.07) is 4.75. The van der Waals surface area contributed by atoms with Gasteiger partial charge in [-0.25, -0.2) is 4.39 Å². The summed E-state index contributed by atoms with van der Waals surface area (Å²) in [7, 11) is 1.46. The van der Waals surface area contributed by atoms with Crippen molar-refractivity contribution in [3.05, 3.63) is 29.6 Å². The van der Waals surface area contributed by atoms with Crippen molar-refractivity contribution >= 4 is 0 Å². The Kier molecular flexibility index (Phi) is 4.52. The second kappa shape index (κ2) is 5.50. The van der Waals surface area contributed by atoms with Crippen LogP contribution in [0.25, 0.3) is 0 Å². The van der Waals surface area contributed by atoms with Gasteiger partial charge in [0.2, 0.25) is 0 Å². The number of methoxy groups -OCH3 is 1. The van der Waals surface area contributed by atoms with Gasteiger partial charge in [0.05, 0.1) is 7.11 Å². The lowest BCUT2D eigenvalue weighted by Gasteiger charge is -2.21. The third-order valence-electron chi connectivity index (χ3n) is 2.81. The lowest BCUT2D eigenvalue weighted by molar-refractivity contribution is 0.348. The van der Waals surface area contributed by atoms with Crippen LogP contribution in [-0.2, 0) is 0 Å².